The van der Waals surface area contributed by atoms with Crippen LogP contribution in [0.5, 0.6) is 5.75 Å². The summed E-state index contributed by atoms with van der Waals surface area (Å²) in [4.78, 5) is 11.1. The average Bonchev–Trinajstić information content (AvgIpc) is 3.00. The first-order valence-electron chi connectivity index (χ1n) is 6.68. The Labute approximate surface area is 116 Å². The van der Waals surface area contributed by atoms with E-state index >= 15 is 0 Å². The van der Waals surface area contributed by atoms with E-state index in [0.29, 0.717) is 18.2 Å². The Morgan fingerprint density at radius 3 is 2.95 bits per heavy atom. The van der Waals surface area contributed by atoms with Crippen LogP contribution >= 0.6 is 0 Å². The molecular weight excluding hydrogens is 256 g/mol. The summed E-state index contributed by atoms with van der Waals surface area (Å²) in [5, 5.41) is 6.49. The highest BCUT2D eigenvalue weighted by molar-refractivity contribution is 5.66. The maximum absolute atomic E-state index is 11.1. The normalized spacial score (nSPS) is 18.1. The number of aromatic amines is 1. The largest absolute Gasteiger partial charge is 0.493 e. The van der Waals surface area contributed by atoms with Crippen LogP contribution in [0.25, 0.3) is 11.3 Å². The highest BCUT2D eigenvalue weighted by Crippen LogP contribution is 2.28. The van der Waals surface area contributed by atoms with Gasteiger partial charge in [-0.3, -0.25) is 4.79 Å². The van der Waals surface area contributed by atoms with E-state index < -0.39 is 0 Å². The smallest absolute Gasteiger partial charge is 0.264 e. The molecule has 0 aliphatic carbocycles. The van der Waals surface area contributed by atoms with Gasteiger partial charge in [-0.25, -0.2) is 5.10 Å². The molecule has 20 heavy (non-hydrogen) atoms. The van der Waals surface area contributed by atoms with Crippen LogP contribution in [0.4, 0.5) is 0 Å². The number of rotatable bonds is 4. The standard InChI is InChI=1S/C15H16N2O3/c18-15-6-5-13(16-17-15)12-3-1-2-4-14(12)20-10-11-7-8-19-9-11/h1-6,11H,7-10H2,(H,17,18). The summed E-state index contributed by atoms with van der Waals surface area (Å²) in [7, 11) is 0. The summed E-state index contributed by atoms with van der Waals surface area (Å²) in [6, 6.07) is 10.9. The maximum Gasteiger partial charge on any atom is 0.264 e. The van der Waals surface area contributed by atoms with Crippen molar-refractivity contribution in [3.05, 3.63) is 46.8 Å². The maximum atomic E-state index is 11.1. The van der Waals surface area contributed by atoms with Gasteiger partial charge >= 0.3 is 0 Å². The summed E-state index contributed by atoms with van der Waals surface area (Å²) in [6.45, 7) is 2.22. The number of aromatic nitrogens is 2. The Balaban J connectivity index is 1.80. The van der Waals surface area contributed by atoms with Gasteiger partial charge in [-0.15, -0.1) is 0 Å². The second-order valence-corrected chi connectivity index (χ2v) is 4.84. The summed E-state index contributed by atoms with van der Waals surface area (Å²) < 4.78 is 11.2. The second-order valence-electron chi connectivity index (χ2n) is 4.84. The molecule has 0 amide bonds. The number of hydrogen-bond acceptors (Lipinski definition) is 4. The van der Waals surface area contributed by atoms with Crippen molar-refractivity contribution in [2.45, 2.75) is 6.42 Å². The molecule has 3 rings (SSSR count). The minimum absolute atomic E-state index is 0.213. The van der Waals surface area contributed by atoms with E-state index in [0.717, 1.165) is 30.9 Å². The summed E-state index contributed by atoms with van der Waals surface area (Å²) in [5.74, 6) is 1.23. The third-order valence-electron chi connectivity index (χ3n) is 3.34. The Hall–Kier alpha value is -2.14. The zero-order chi connectivity index (χ0) is 13.8. The number of H-pyrrole nitrogens is 1. The molecule has 5 nitrogen and oxygen atoms in total. The van der Waals surface area contributed by atoms with Crippen LogP contribution in [0.15, 0.2) is 41.2 Å². The second kappa shape index (κ2) is 5.88. The predicted octanol–water partition coefficient (Wildman–Crippen LogP) is 1.85. The lowest BCUT2D eigenvalue weighted by Gasteiger charge is -2.13. The molecule has 1 aromatic heterocycles. The molecule has 0 saturated carbocycles. The summed E-state index contributed by atoms with van der Waals surface area (Å²) >= 11 is 0. The van der Waals surface area contributed by atoms with Crippen molar-refractivity contribution in [2.24, 2.45) is 5.92 Å². The van der Waals surface area contributed by atoms with E-state index in [1.165, 1.54) is 6.07 Å². The fourth-order valence-electron chi connectivity index (χ4n) is 2.22. The first-order chi connectivity index (χ1) is 9.83. The van der Waals surface area contributed by atoms with E-state index in [4.69, 9.17) is 9.47 Å². The summed E-state index contributed by atoms with van der Waals surface area (Å²) in [6.07, 6.45) is 1.04. The van der Waals surface area contributed by atoms with Crippen molar-refractivity contribution in [1.82, 2.24) is 10.2 Å². The lowest BCUT2D eigenvalue weighted by Crippen LogP contribution is -2.12. The molecule has 104 valence electrons. The Morgan fingerprint density at radius 1 is 1.30 bits per heavy atom. The van der Waals surface area contributed by atoms with Crippen LogP contribution in [-0.2, 0) is 4.74 Å². The monoisotopic (exact) mass is 272 g/mol. The molecule has 2 heterocycles. The molecule has 1 fully saturated rings. The highest BCUT2D eigenvalue weighted by Gasteiger charge is 2.17. The van der Waals surface area contributed by atoms with Crippen molar-refractivity contribution in [3.8, 4) is 17.0 Å². The number of benzene rings is 1. The lowest BCUT2D eigenvalue weighted by molar-refractivity contribution is 0.167. The lowest BCUT2D eigenvalue weighted by atomic mass is 10.1. The van der Waals surface area contributed by atoms with Gasteiger partial charge in [-0.1, -0.05) is 12.1 Å². The quantitative estimate of drug-likeness (QED) is 0.922. The highest BCUT2D eigenvalue weighted by atomic mass is 16.5. The fourth-order valence-corrected chi connectivity index (χ4v) is 2.22. The van der Waals surface area contributed by atoms with E-state index in [2.05, 4.69) is 10.2 Å². The Morgan fingerprint density at radius 2 is 2.20 bits per heavy atom. The van der Waals surface area contributed by atoms with Crippen LogP contribution in [-0.4, -0.2) is 30.0 Å². The number of nitrogens with zero attached hydrogens (tertiary/aromatic N) is 1. The van der Waals surface area contributed by atoms with Gasteiger partial charge in [0.25, 0.3) is 5.56 Å². The van der Waals surface area contributed by atoms with Crippen LogP contribution in [0.1, 0.15) is 6.42 Å². The average molecular weight is 272 g/mol. The number of hydrogen-bond donors (Lipinski definition) is 1. The predicted molar refractivity (Wildman–Crippen MR) is 74.7 cm³/mol. The minimum atomic E-state index is -0.213. The van der Waals surface area contributed by atoms with Crippen LogP contribution in [0, 0.1) is 5.92 Å². The van der Waals surface area contributed by atoms with Crippen molar-refractivity contribution in [1.29, 1.82) is 0 Å². The fraction of sp³-hybridized carbons (Fsp3) is 0.333. The van der Waals surface area contributed by atoms with Gasteiger partial charge in [0.15, 0.2) is 0 Å². The van der Waals surface area contributed by atoms with Crippen LogP contribution in [0.2, 0.25) is 0 Å². The van der Waals surface area contributed by atoms with Crippen LogP contribution in [0.3, 0.4) is 0 Å². The Kier molecular flexibility index (Phi) is 3.78. The zero-order valence-electron chi connectivity index (χ0n) is 11.0. The molecule has 0 radical (unpaired) electrons. The van der Waals surface area contributed by atoms with Gasteiger partial charge in [0.1, 0.15) is 5.75 Å². The third kappa shape index (κ3) is 2.88. The van der Waals surface area contributed by atoms with Gasteiger partial charge in [0, 0.05) is 24.2 Å². The Bertz CT molecular complexity index is 613. The summed E-state index contributed by atoms with van der Waals surface area (Å²) in [5.41, 5.74) is 1.36. The van der Waals surface area contributed by atoms with Gasteiger partial charge in [-0.2, -0.15) is 5.10 Å². The van der Waals surface area contributed by atoms with Crippen LogP contribution < -0.4 is 10.3 Å². The molecule has 1 aliphatic heterocycles. The SMILES string of the molecule is O=c1ccc(-c2ccccc2OCC2CCOC2)n[nH]1. The molecule has 1 N–H and O–H groups in total. The van der Waals surface area contributed by atoms with E-state index in [1.54, 1.807) is 6.07 Å². The van der Waals surface area contributed by atoms with Crippen molar-refractivity contribution < 1.29 is 9.47 Å². The van der Waals surface area contributed by atoms with Gasteiger partial charge in [0.2, 0.25) is 0 Å². The zero-order valence-corrected chi connectivity index (χ0v) is 11.0. The van der Waals surface area contributed by atoms with E-state index in [9.17, 15) is 4.79 Å². The topological polar surface area (TPSA) is 64.2 Å². The first kappa shape index (κ1) is 12.9. The van der Waals surface area contributed by atoms with Gasteiger partial charge < -0.3 is 9.47 Å². The van der Waals surface area contributed by atoms with Crippen molar-refractivity contribution >= 4 is 0 Å². The molecular formula is C15H16N2O3. The minimum Gasteiger partial charge on any atom is -0.493 e. The van der Waals surface area contributed by atoms with Crippen molar-refractivity contribution in [3.63, 3.8) is 0 Å². The first-order valence-corrected chi connectivity index (χ1v) is 6.68. The molecule has 5 heteroatoms. The third-order valence-corrected chi connectivity index (χ3v) is 3.34. The molecule has 0 spiro atoms. The van der Waals surface area contributed by atoms with E-state index in [-0.39, 0.29) is 5.56 Å². The molecule has 0 bridgehead atoms. The molecule has 1 unspecified atom stereocenters. The molecule has 1 saturated heterocycles. The molecule has 2 aromatic rings. The van der Waals surface area contributed by atoms with Gasteiger partial charge in [-0.05, 0) is 24.6 Å². The van der Waals surface area contributed by atoms with Crippen molar-refractivity contribution in [2.75, 3.05) is 19.8 Å². The molecule has 1 aromatic carbocycles. The molecule has 1 atom stereocenters. The number of ether oxygens (including phenoxy) is 2. The van der Waals surface area contributed by atoms with E-state index in [1.807, 2.05) is 24.3 Å². The number of para-hydroxylation sites is 1. The molecule has 1 aliphatic rings. The van der Waals surface area contributed by atoms with Gasteiger partial charge in [0.05, 0.1) is 18.9 Å². The number of nitrogens with one attached hydrogen (secondary N) is 1.